The Labute approximate surface area is 93.4 Å². The Bertz CT molecular complexity index is 419. The number of halogens is 2. The van der Waals surface area contributed by atoms with Gasteiger partial charge in [0.25, 0.3) is 5.92 Å². The van der Waals surface area contributed by atoms with Crippen LogP contribution in [0.3, 0.4) is 0 Å². The maximum absolute atomic E-state index is 13.5. The van der Waals surface area contributed by atoms with Crippen LogP contribution in [0.25, 0.3) is 0 Å². The highest BCUT2D eigenvalue weighted by Crippen LogP contribution is 2.63. The fraction of sp³-hybridized carbons (Fsp3) is 0.500. The number of rotatable bonds is 3. The Balaban J connectivity index is 2.56. The zero-order chi connectivity index (χ0) is 12.0. The summed E-state index contributed by atoms with van der Waals surface area (Å²) in [6, 6.07) is 5.31. The summed E-state index contributed by atoms with van der Waals surface area (Å²) < 4.78 is 32.2. The number of nitrogens with two attached hydrogens (primary N) is 1. The van der Waals surface area contributed by atoms with Gasteiger partial charge in [-0.25, -0.2) is 8.78 Å². The lowest BCUT2D eigenvalue weighted by molar-refractivity contribution is 0.0887. The van der Waals surface area contributed by atoms with Crippen molar-refractivity contribution in [3.05, 3.63) is 29.3 Å². The van der Waals surface area contributed by atoms with E-state index >= 15 is 0 Å². The van der Waals surface area contributed by atoms with E-state index in [0.717, 1.165) is 5.56 Å². The van der Waals surface area contributed by atoms with Gasteiger partial charge in [-0.1, -0.05) is 12.1 Å². The van der Waals surface area contributed by atoms with E-state index in [-0.39, 0.29) is 13.0 Å². The highest BCUT2D eigenvalue weighted by atomic mass is 19.3. The van der Waals surface area contributed by atoms with E-state index in [1.54, 1.807) is 12.1 Å². The summed E-state index contributed by atoms with van der Waals surface area (Å²) in [5.74, 6) is -2.20. The minimum Gasteiger partial charge on any atom is -0.496 e. The lowest BCUT2D eigenvalue weighted by atomic mass is 9.90. The zero-order valence-corrected chi connectivity index (χ0v) is 9.39. The molecule has 1 unspecified atom stereocenters. The number of alkyl halides is 2. The third-order valence-corrected chi connectivity index (χ3v) is 3.38. The van der Waals surface area contributed by atoms with Crippen molar-refractivity contribution in [2.75, 3.05) is 13.7 Å². The van der Waals surface area contributed by atoms with E-state index in [9.17, 15) is 8.78 Å². The first-order chi connectivity index (χ1) is 7.48. The van der Waals surface area contributed by atoms with Crippen LogP contribution in [0.15, 0.2) is 18.2 Å². The molecule has 16 heavy (non-hydrogen) atoms. The maximum atomic E-state index is 13.5. The number of ether oxygens (including phenoxy) is 1. The molecular weight excluding hydrogens is 212 g/mol. The molecule has 2 nitrogen and oxygen atoms in total. The SMILES string of the molecule is COc1cccc(C)c1C1(CN)CC1(F)F. The lowest BCUT2D eigenvalue weighted by Gasteiger charge is -2.20. The highest BCUT2D eigenvalue weighted by Gasteiger charge is 2.72. The van der Waals surface area contributed by atoms with Gasteiger partial charge in [0.1, 0.15) is 5.75 Å². The first kappa shape index (κ1) is 11.3. The molecule has 2 rings (SSSR count). The lowest BCUT2D eigenvalue weighted by Crippen LogP contribution is -2.28. The van der Waals surface area contributed by atoms with Crippen molar-refractivity contribution in [2.45, 2.75) is 24.7 Å². The molecule has 0 saturated heterocycles. The summed E-state index contributed by atoms with van der Waals surface area (Å²) in [5, 5.41) is 0. The zero-order valence-electron chi connectivity index (χ0n) is 9.39. The first-order valence-corrected chi connectivity index (χ1v) is 5.20. The van der Waals surface area contributed by atoms with E-state index in [1.807, 2.05) is 13.0 Å². The summed E-state index contributed by atoms with van der Waals surface area (Å²) >= 11 is 0. The van der Waals surface area contributed by atoms with E-state index in [4.69, 9.17) is 10.5 Å². The predicted molar refractivity (Wildman–Crippen MR) is 58.0 cm³/mol. The van der Waals surface area contributed by atoms with Crippen molar-refractivity contribution in [3.63, 3.8) is 0 Å². The van der Waals surface area contributed by atoms with Crippen molar-refractivity contribution >= 4 is 0 Å². The van der Waals surface area contributed by atoms with Crippen LogP contribution >= 0.6 is 0 Å². The number of benzene rings is 1. The van der Waals surface area contributed by atoms with E-state index in [1.165, 1.54) is 7.11 Å². The van der Waals surface area contributed by atoms with Crippen molar-refractivity contribution in [2.24, 2.45) is 5.73 Å². The van der Waals surface area contributed by atoms with Crippen LogP contribution in [0.1, 0.15) is 17.5 Å². The third-order valence-electron chi connectivity index (χ3n) is 3.38. The Hall–Kier alpha value is -1.16. The average Bonchev–Trinajstić information content (AvgIpc) is 2.81. The second-order valence-corrected chi connectivity index (χ2v) is 4.32. The van der Waals surface area contributed by atoms with Crippen molar-refractivity contribution in [1.82, 2.24) is 0 Å². The summed E-state index contributed by atoms with van der Waals surface area (Å²) in [6.45, 7) is 1.75. The fourth-order valence-corrected chi connectivity index (χ4v) is 2.35. The minimum absolute atomic E-state index is 0.0544. The Morgan fingerprint density at radius 1 is 1.44 bits per heavy atom. The van der Waals surface area contributed by atoms with Gasteiger partial charge >= 0.3 is 0 Å². The number of methoxy groups -OCH3 is 1. The van der Waals surface area contributed by atoms with Crippen LogP contribution in [0.4, 0.5) is 8.78 Å². The van der Waals surface area contributed by atoms with E-state index in [2.05, 4.69) is 0 Å². The Kier molecular flexibility index (Phi) is 2.42. The summed E-state index contributed by atoms with van der Waals surface area (Å²) in [6.07, 6.45) is -0.183. The van der Waals surface area contributed by atoms with Gasteiger partial charge < -0.3 is 10.5 Å². The second kappa shape index (κ2) is 3.42. The molecule has 0 bridgehead atoms. The molecule has 4 heteroatoms. The van der Waals surface area contributed by atoms with Crippen LogP contribution in [-0.2, 0) is 5.41 Å². The monoisotopic (exact) mass is 227 g/mol. The molecule has 88 valence electrons. The van der Waals surface area contributed by atoms with Crippen molar-refractivity contribution in [1.29, 1.82) is 0 Å². The highest BCUT2D eigenvalue weighted by molar-refractivity contribution is 5.51. The average molecular weight is 227 g/mol. The van der Waals surface area contributed by atoms with Gasteiger partial charge in [0.05, 0.1) is 12.5 Å². The number of hydrogen-bond donors (Lipinski definition) is 1. The largest absolute Gasteiger partial charge is 0.496 e. The molecule has 0 amide bonds. The van der Waals surface area contributed by atoms with Gasteiger partial charge in [0.2, 0.25) is 0 Å². The molecule has 0 aromatic heterocycles. The molecule has 1 aliphatic carbocycles. The third kappa shape index (κ3) is 1.33. The smallest absolute Gasteiger partial charge is 0.260 e. The second-order valence-electron chi connectivity index (χ2n) is 4.32. The van der Waals surface area contributed by atoms with E-state index < -0.39 is 11.3 Å². The summed E-state index contributed by atoms with van der Waals surface area (Å²) in [5.41, 5.74) is 5.68. The first-order valence-electron chi connectivity index (χ1n) is 5.20. The normalized spacial score (nSPS) is 26.6. The number of hydrogen-bond acceptors (Lipinski definition) is 2. The van der Waals surface area contributed by atoms with Crippen LogP contribution in [0.5, 0.6) is 5.75 Å². The van der Waals surface area contributed by atoms with Crippen LogP contribution in [0.2, 0.25) is 0 Å². The minimum atomic E-state index is -2.71. The van der Waals surface area contributed by atoms with Gasteiger partial charge in [-0.05, 0) is 18.6 Å². The molecule has 1 aromatic carbocycles. The maximum Gasteiger partial charge on any atom is 0.260 e. The predicted octanol–water partition coefficient (Wildman–Crippen LogP) is 2.24. The van der Waals surface area contributed by atoms with Crippen LogP contribution < -0.4 is 10.5 Å². The van der Waals surface area contributed by atoms with Gasteiger partial charge in [0.15, 0.2) is 0 Å². The van der Waals surface area contributed by atoms with E-state index in [0.29, 0.717) is 11.3 Å². The summed E-state index contributed by atoms with van der Waals surface area (Å²) in [7, 11) is 1.49. The number of aryl methyl sites for hydroxylation is 1. The molecule has 0 radical (unpaired) electrons. The molecule has 1 aromatic rings. The molecule has 1 fully saturated rings. The standard InChI is InChI=1S/C12H15F2NO/c1-8-4-3-5-9(16-2)10(8)11(7-15)6-12(11,13)14/h3-5H,6-7,15H2,1-2H3. The summed E-state index contributed by atoms with van der Waals surface area (Å²) in [4.78, 5) is 0. The van der Waals surface area contributed by atoms with Crippen LogP contribution in [0, 0.1) is 6.92 Å². The van der Waals surface area contributed by atoms with Gasteiger partial charge in [-0.2, -0.15) is 0 Å². The van der Waals surface area contributed by atoms with Gasteiger partial charge in [-0.15, -0.1) is 0 Å². The van der Waals surface area contributed by atoms with Gasteiger partial charge in [0, 0.05) is 18.5 Å². The molecule has 2 N–H and O–H groups in total. The molecule has 1 saturated carbocycles. The molecular formula is C12H15F2NO. The van der Waals surface area contributed by atoms with Gasteiger partial charge in [-0.3, -0.25) is 0 Å². The topological polar surface area (TPSA) is 35.2 Å². The van der Waals surface area contributed by atoms with Crippen LogP contribution in [-0.4, -0.2) is 19.6 Å². The molecule has 1 aliphatic rings. The fourth-order valence-electron chi connectivity index (χ4n) is 2.35. The molecule has 0 aliphatic heterocycles. The van der Waals surface area contributed by atoms with Crippen molar-refractivity contribution in [3.8, 4) is 5.75 Å². The Morgan fingerprint density at radius 2 is 2.06 bits per heavy atom. The molecule has 0 heterocycles. The molecule has 1 atom stereocenters. The quantitative estimate of drug-likeness (QED) is 0.859. The molecule has 0 spiro atoms. The van der Waals surface area contributed by atoms with Crippen molar-refractivity contribution < 1.29 is 13.5 Å². The Morgan fingerprint density at radius 3 is 2.50 bits per heavy atom.